The second-order valence-electron chi connectivity index (χ2n) is 8.57. The molecule has 1 N–H and O–H groups in total. The van der Waals surface area contributed by atoms with Crippen LogP contribution in [0.2, 0.25) is 0 Å². The van der Waals surface area contributed by atoms with Crippen LogP contribution in [-0.4, -0.2) is 54.7 Å². The summed E-state index contributed by atoms with van der Waals surface area (Å²) in [6.07, 6.45) is -7.29. The Hall–Kier alpha value is -2.46. The molecule has 1 aliphatic rings. The summed E-state index contributed by atoms with van der Waals surface area (Å²) in [5.74, 6) is -14.5. The van der Waals surface area contributed by atoms with Crippen molar-refractivity contribution < 1.29 is 67.5 Å². The summed E-state index contributed by atoms with van der Waals surface area (Å²) in [6, 6.07) is 6.37. The Morgan fingerprint density at radius 2 is 1.50 bits per heavy atom. The Balaban J connectivity index is 2.22. The lowest BCUT2D eigenvalue weighted by atomic mass is 9.89. The molecule has 38 heavy (non-hydrogen) atoms. The van der Waals surface area contributed by atoms with E-state index in [1.54, 1.807) is 0 Å². The van der Waals surface area contributed by atoms with Crippen molar-refractivity contribution in [3.8, 4) is 5.75 Å². The third-order valence-electron chi connectivity index (χ3n) is 5.72. The predicted octanol–water partition coefficient (Wildman–Crippen LogP) is 5.28. The molecule has 0 spiro atoms. The van der Waals surface area contributed by atoms with Gasteiger partial charge in [0, 0.05) is 6.42 Å². The molecule has 0 amide bonds. The molecule has 216 valence electrons. The minimum Gasteiger partial charge on any atom is -0.421 e. The molecule has 1 aliphatic carbocycles. The number of hydrogen-bond acceptors (Lipinski definition) is 7. The summed E-state index contributed by atoms with van der Waals surface area (Å²) in [5, 5.41) is -5.86. The van der Waals surface area contributed by atoms with Crippen LogP contribution in [0.1, 0.15) is 51.4 Å². The molecule has 1 saturated carbocycles. The lowest BCUT2D eigenvalue weighted by Crippen LogP contribution is -2.59. The molecule has 8 nitrogen and oxygen atoms in total. The average molecular weight is 582 g/mol. The van der Waals surface area contributed by atoms with Crippen LogP contribution in [0, 0.1) is 5.92 Å². The maximum absolute atomic E-state index is 14.2. The van der Waals surface area contributed by atoms with Crippen molar-refractivity contribution in [2.45, 2.75) is 74.5 Å². The van der Waals surface area contributed by atoms with E-state index in [1.807, 2.05) is 0 Å². The number of carbonyl (C=O) groups excluding carboxylic acids is 2. The van der Waals surface area contributed by atoms with Gasteiger partial charge in [-0.25, -0.2) is 4.79 Å². The maximum Gasteiger partial charge on any atom is 0.468 e. The molecule has 0 bridgehead atoms. The van der Waals surface area contributed by atoms with E-state index in [-0.39, 0.29) is 18.6 Å². The fraction of sp³-hybridized carbons (Fsp3) is 0.636. The molecule has 1 aromatic carbocycles. The molecule has 2 rings (SSSR count). The van der Waals surface area contributed by atoms with E-state index >= 15 is 0 Å². The first kappa shape index (κ1) is 31.8. The highest BCUT2D eigenvalue weighted by atomic mass is 32.2. The first-order chi connectivity index (χ1) is 17.4. The molecule has 0 radical (unpaired) electrons. The molecule has 1 aromatic rings. The SMILES string of the molecule is O=C(OC(OCCCCC(F)(F)C(F)(F)S(=O)(=O)O)(C(=O)Oc1ccccc1)C(F)(F)F)C1CCCCC1. The Labute approximate surface area is 213 Å². The zero-order valence-electron chi connectivity index (χ0n) is 19.7. The normalized spacial score (nSPS) is 17.5. The largest absolute Gasteiger partial charge is 0.468 e. The zero-order valence-corrected chi connectivity index (χ0v) is 20.5. The number of carbonyl (C=O) groups is 2. The van der Waals surface area contributed by atoms with Gasteiger partial charge < -0.3 is 14.2 Å². The van der Waals surface area contributed by atoms with Crippen LogP contribution in [0.3, 0.4) is 0 Å². The minimum atomic E-state index is -6.49. The molecule has 0 saturated heterocycles. The Morgan fingerprint density at radius 3 is 2.03 bits per heavy atom. The topological polar surface area (TPSA) is 116 Å². The minimum absolute atomic E-state index is 0.192. The van der Waals surface area contributed by atoms with Crippen molar-refractivity contribution in [2.75, 3.05) is 6.61 Å². The maximum atomic E-state index is 14.2. The molecular formula is C22H25F7O8S. The molecule has 0 aromatic heterocycles. The highest BCUT2D eigenvalue weighted by molar-refractivity contribution is 7.87. The van der Waals surface area contributed by atoms with Crippen molar-refractivity contribution in [1.29, 1.82) is 0 Å². The number of rotatable bonds is 12. The van der Waals surface area contributed by atoms with Gasteiger partial charge in [0.05, 0.1) is 12.5 Å². The monoisotopic (exact) mass is 582 g/mol. The number of benzene rings is 1. The Morgan fingerprint density at radius 1 is 0.921 bits per heavy atom. The van der Waals surface area contributed by atoms with Crippen LogP contribution in [0.4, 0.5) is 30.7 Å². The summed E-state index contributed by atoms with van der Waals surface area (Å²) < 4.78 is 140. The number of halogens is 7. The summed E-state index contributed by atoms with van der Waals surface area (Å²) in [6.45, 7) is -1.21. The molecule has 1 fully saturated rings. The fourth-order valence-corrected chi connectivity index (χ4v) is 4.09. The number of unbranched alkanes of at least 4 members (excludes halogenated alkanes) is 1. The first-order valence-electron chi connectivity index (χ1n) is 11.4. The van der Waals surface area contributed by atoms with E-state index in [9.17, 15) is 48.7 Å². The first-order valence-corrected chi connectivity index (χ1v) is 12.8. The van der Waals surface area contributed by atoms with E-state index in [4.69, 9.17) is 9.29 Å². The molecule has 1 atom stereocenters. The van der Waals surface area contributed by atoms with Crippen LogP contribution in [-0.2, 0) is 29.2 Å². The van der Waals surface area contributed by atoms with E-state index in [1.165, 1.54) is 18.2 Å². The number of para-hydroxylation sites is 1. The van der Waals surface area contributed by atoms with Crippen LogP contribution >= 0.6 is 0 Å². The summed E-state index contributed by atoms with van der Waals surface area (Å²) in [4.78, 5) is 25.3. The quantitative estimate of drug-likeness (QED) is 0.0885. The molecule has 0 aliphatic heterocycles. The van der Waals surface area contributed by atoms with Crippen molar-refractivity contribution in [3.63, 3.8) is 0 Å². The van der Waals surface area contributed by atoms with Gasteiger partial charge in [0.15, 0.2) is 0 Å². The third kappa shape index (κ3) is 7.34. The Kier molecular flexibility index (Phi) is 10.2. The number of alkyl halides is 7. The Bertz CT molecular complexity index is 1060. The number of esters is 2. The van der Waals surface area contributed by atoms with E-state index in [2.05, 4.69) is 9.47 Å². The zero-order chi connectivity index (χ0) is 28.8. The summed E-state index contributed by atoms with van der Waals surface area (Å²) in [5.41, 5.74) is 0. The lowest BCUT2D eigenvalue weighted by Gasteiger charge is -2.34. The van der Waals surface area contributed by atoms with Crippen molar-refractivity contribution in [3.05, 3.63) is 30.3 Å². The van der Waals surface area contributed by atoms with Crippen LogP contribution in [0.25, 0.3) is 0 Å². The summed E-state index contributed by atoms with van der Waals surface area (Å²) >= 11 is 0. The van der Waals surface area contributed by atoms with Gasteiger partial charge in [-0.2, -0.15) is 39.2 Å². The molecule has 1 unspecified atom stereocenters. The molecule has 0 heterocycles. The van der Waals surface area contributed by atoms with Gasteiger partial charge in [-0.3, -0.25) is 9.35 Å². The van der Waals surface area contributed by atoms with E-state index < -0.39 is 77.0 Å². The predicted molar refractivity (Wildman–Crippen MR) is 115 cm³/mol. The second kappa shape index (κ2) is 12.2. The van der Waals surface area contributed by atoms with E-state index in [0.29, 0.717) is 12.8 Å². The van der Waals surface area contributed by atoms with Crippen molar-refractivity contribution in [2.24, 2.45) is 5.92 Å². The summed E-state index contributed by atoms with van der Waals surface area (Å²) in [7, 11) is -6.49. The second-order valence-corrected chi connectivity index (χ2v) is 10.0. The number of ether oxygens (including phenoxy) is 3. The van der Waals surface area contributed by atoms with Gasteiger partial charge in [0.2, 0.25) is 0 Å². The smallest absolute Gasteiger partial charge is 0.421 e. The van der Waals surface area contributed by atoms with Gasteiger partial charge >= 0.3 is 45.2 Å². The highest BCUT2D eigenvalue weighted by Crippen LogP contribution is 2.42. The standard InChI is InChI=1S/C22H25F7O8S/c23-19(24,22(28,29)38(32,33)34)13-7-8-14-35-20(21(25,26)27,18(31)36-16-11-5-2-6-12-16)37-17(30)15-9-3-1-4-10-15/h2,5-6,11-12,15H,1,3-4,7-10,13-14H2,(H,32,33,34). The number of hydrogen-bond donors (Lipinski definition) is 1. The third-order valence-corrected chi connectivity index (χ3v) is 6.67. The fourth-order valence-electron chi connectivity index (χ4n) is 3.61. The van der Waals surface area contributed by atoms with E-state index in [0.717, 1.165) is 18.6 Å². The van der Waals surface area contributed by atoms with Gasteiger partial charge in [-0.1, -0.05) is 37.5 Å². The highest BCUT2D eigenvalue weighted by Gasteiger charge is 2.68. The molecule has 16 heteroatoms. The van der Waals surface area contributed by atoms with Gasteiger partial charge in [0.25, 0.3) is 0 Å². The van der Waals surface area contributed by atoms with Crippen molar-refractivity contribution >= 4 is 22.1 Å². The molecular weight excluding hydrogens is 557 g/mol. The van der Waals surface area contributed by atoms with Crippen LogP contribution in [0.15, 0.2) is 30.3 Å². The lowest BCUT2D eigenvalue weighted by molar-refractivity contribution is -0.354. The van der Waals surface area contributed by atoms with Crippen LogP contribution < -0.4 is 4.74 Å². The van der Waals surface area contributed by atoms with Crippen LogP contribution in [0.5, 0.6) is 5.75 Å². The van der Waals surface area contributed by atoms with Crippen molar-refractivity contribution in [1.82, 2.24) is 0 Å². The van der Waals surface area contributed by atoms with Gasteiger partial charge in [-0.15, -0.1) is 0 Å². The average Bonchev–Trinajstić information content (AvgIpc) is 2.82. The van der Waals surface area contributed by atoms with Gasteiger partial charge in [0.1, 0.15) is 5.75 Å². The van der Waals surface area contributed by atoms with Gasteiger partial charge in [-0.05, 0) is 37.8 Å².